The van der Waals surface area contributed by atoms with Crippen LogP contribution in [0.25, 0.3) is 0 Å². The highest BCUT2D eigenvalue weighted by molar-refractivity contribution is 7.17. The number of carbonyl (C=O) groups excluding carboxylic acids is 3. The molecule has 1 aromatic carbocycles. The Bertz CT molecular complexity index is 921. The van der Waals surface area contributed by atoms with Crippen molar-refractivity contribution in [2.24, 2.45) is 0 Å². The van der Waals surface area contributed by atoms with Crippen LogP contribution in [0.3, 0.4) is 0 Å². The van der Waals surface area contributed by atoms with Crippen LogP contribution in [0.5, 0.6) is 0 Å². The van der Waals surface area contributed by atoms with Crippen molar-refractivity contribution in [3.05, 3.63) is 51.4 Å². The molecule has 0 aliphatic carbocycles. The molecule has 0 saturated heterocycles. The Labute approximate surface area is 167 Å². The normalized spacial score (nSPS) is 12.9. The number of amides is 2. The van der Waals surface area contributed by atoms with Gasteiger partial charge in [0.1, 0.15) is 5.00 Å². The second kappa shape index (κ2) is 8.43. The molecule has 1 aromatic heterocycles. The minimum atomic E-state index is -0.498. The van der Waals surface area contributed by atoms with Crippen LogP contribution < -0.4 is 5.32 Å². The third kappa shape index (κ3) is 3.87. The first-order chi connectivity index (χ1) is 13.5. The summed E-state index contributed by atoms with van der Waals surface area (Å²) in [5.74, 6) is -0.786. The second-order valence-electron chi connectivity index (χ2n) is 6.34. The number of anilines is 1. The molecule has 3 rings (SSSR count). The van der Waals surface area contributed by atoms with Gasteiger partial charge in [-0.1, -0.05) is 18.2 Å². The summed E-state index contributed by atoms with van der Waals surface area (Å²) >= 11 is 1.29. The van der Waals surface area contributed by atoms with E-state index < -0.39 is 5.97 Å². The molecule has 0 fully saturated rings. The van der Waals surface area contributed by atoms with E-state index in [9.17, 15) is 14.4 Å². The number of carbonyl (C=O) groups is 3. The van der Waals surface area contributed by atoms with Crippen LogP contribution in [0.2, 0.25) is 0 Å². The van der Waals surface area contributed by atoms with Crippen LogP contribution in [0.4, 0.5) is 9.80 Å². The van der Waals surface area contributed by atoms with Gasteiger partial charge in [-0.05, 0) is 37.5 Å². The van der Waals surface area contributed by atoms with Crippen molar-refractivity contribution in [2.75, 3.05) is 25.6 Å². The summed E-state index contributed by atoms with van der Waals surface area (Å²) in [6.45, 7) is 4.69. The lowest BCUT2D eigenvalue weighted by atomic mass is 10.0. The van der Waals surface area contributed by atoms with Crippen LogP contribution >= 0.6 is 11.3 Å². The summed E-state index contributed by atoms with van der Waals surface area (Å²) in [5.41, 5.74) is 2.57. The van der Waals surface area contributed by atoms with Crippen molar-refractivity contribution in [1.82, 2.24) is 4.90 Å². The average molecular weight is 402 g/mol. The predicted molar refractivity (Wildman–Crippen MR) is 106 cm³/mol. The second-order valence-corrected chi connectivity index (χ2v) is 7.44. The number of methoxy groups -OCH3 is 1. The van der Waals surface area contributed by atoms with Gasteiger partial charge in [-0.3, -0.25) is 4.79 Å². The minimum absolute atomic E-state index is 0.288. The van der Waals surface area contributed by atoms with Crippen LogP contribution in [0.15, 0.2) is 24.3 Å². The third-order valence-corrected chi connectivity index (χ3v) is 5.72. The van der Waals surface area contributed by atoms with Crippen LogP contribution in [0, 0.1) is 6.92 Å². The van der Waals surface area contributed by atoms with E-state index in [1.165, 1.54) is 18.4 Å². The molecule has 1 aliphatic heterocycles. The minimum Gasteiger partial charge on any atom is -0.465 e. The SMILES string of the molecule is CCOC(=O)N1CCc2c(sc(NC(=O)c3ccccc3C)c2C(=O)OC)C1. The van der Waals surface area contributed by atoms with E-state index in [1.807, 2.05) is 19.1 Å². The van der Waals surface area contributed by atoms with Gasteiger partial charge < -0.3 is 19.7 Å². The molecule has 1 aliphatic rings. The topological polar surface area (TPSA) is 84.9 Å². The molecular formula is C20H22N2O5S. The number of aryl methyl sites for hydroxylation is 1. The van der Waals surface area contributed by atoms with Crippen LogP contribution in [-0.4, -0.2) is 43.1 Å². The molecule has 0 saturated carbocycles. The zero-order valence-corrected chi connectivity index (χ0v) is 16.9. The number of nitrogens with zero attached hydrogens (tertiary/aromatic N) is 1. The first-order valence-corrected chi connectivity index (χ1v) is 9.79. The molecule has 0 unspecified atom stereocenters. The monoisotopic (exact) mass is 402 g/mol. The molecule has 1 N–H and O–H groups in total. The highest BCUT2D eigenvalue weighted by Gasteiger charge is 2.31. The Morgan fingerprint density at radius 1 is 1.25 bits per heavy atom. The Kier molecular flexibility index (Phi) is 5.99. The van der Waals surface area contributed by atoms with E-state index >= 15 is 0 Å². The molecule has 2 aromatic rings. The highest BCUT2D eigenvalue weighted by atomic mass is 32.1. The van der Waals surface area contributed by atoms with E-state index in [0.717, 1.165) is 16.0 Å². The van der Waals surface area contributed by atoms with Gasteiger partial charge >= 0.3 is 12.1 Å². The maximum atomic E-state index is 12.7. The molecule has 2 heterocycles. The summed E-state index contributed by atoms with van der Waals surface area (Å²) in [6.07, 6.45) is 0.113. The largest absolute Gasteiger partial charge is 0.465 e. The number of hydrogen-bond donors (Lipinski definition) is 1. The lowest BCUT2D eigenvalue weighted by Crippen LogP contribution is -2.36. The summed E-state index contributed by atoms with van der Waals surface area (Å²) in [4.78, 5) is 39.6. The summed E-state index contributed by atoms with van der Waals surface area (Å²) in [7, 11) is 1.31. The van der Waals surface area contributed by atoms with Crippen LogP contribution in [-0.2, 0) is 22.4 Å². The maximum Gasteiger partial charge on any atom is 0.410 e. The molecule has 0 atom stereocenters. The Morgan fingerprint density at radius 2 is 2.00 bits per heavy atom. The van der Waals surface area contributed by atoms with E-state index in [0.29, 0.717) is 42.2 Å². The van der Waals surface area contributed by atoms with Gasteiger partial charge in [0.05, 0.1) is 25.8 Å². The van der Waals surface area contributed by atoms with Crippen molar-refractivity contribution in [1.29, 1.82) is 0 Å². The van der Waals surface area contributed by atoms with E-state index in [1.54, 1.807) is 24.0 Å². The molecule has 2 amide bonds. The van der Waals surface area contributed by atoms with Crippen molar-refractivity contribution >= 4 is 34.3 Å². The fourth-order valence-corrected chi connectivity index (χ4v) is 4.42. The van der Waals surface area contributed by atoms with Crippen LogP contribution in [0.1, 0.15) is 43.6 Å². The molecular weight excluding hydrogens is 380 g/mol. The zero-order valence-electron chi connectivity index (χ0n) is 16.0. The third-order valence-electron chi connectivity index (χ3n) is 4.59. The summed E-state index contributed by atoms with van der Waals surface area (Å²) < 4.78 is 10.0. The first kappa shape index (κ1) is 19.9. The maximum absolute atomic E-state index is 12.7. The van der Waals surface area contributed by atoms with Gasteiger partial charge in [0.2, 0.25) is 0 Å². The van der Waals surface area contributed by atoms with Gasteiger partial charge in [-0.15, -0.1) is 11.3 Å². The Hall–Kier alpha value is -2.87. The molecule has 0 spiro atoms. The number of benzene rings is 1. The fraction of sp³-hybridized carbons (Fsp3) is 0.350. The summed E-state index contributed by atoms with van der Waals surface area (Å²) in [5, 5.41) is 3.29. The van der Waals surface area contributed by atoms with E-state index in [4.69, 9.17) is 9.47 Å². The van der Waals surface area contributed by atoms with Gasteiger partial charge in [-0.2, -0.15) is 0 Å². The number of fused-ring (bicyclic) bond motifs is 1. The van der Waals surface area contributed by atoms with Gasteiger partial charge in [-0.25, -0.2) is 9.59 Å². The highest BCUT2D eigenvalue weighted by Crippen LogP contribution is 2.38. The predicted octanol–water partition coefficient (Wildman–Crippen LogP) is 3.61. The van der Waals surface area contributed by atoms with Gasteiger partial charge in [0.15, 0.2) is 0 Å². The lowest BCUT2D eigenvalue weighted by molar-refractivity contribution is 0.0600. The number of thiophene rings is 1. The van der Waals surface area contributed by atoms with E-state index in [-0.39, 0.29) is 12.0 Å². The molecule has 8 heteroatoms. The van der Waals surface area contributed by atoms with E-state index in [2.05, 4.69) is 5.32 Å². The van der Waals surface area contributed by atoms with Crippen molar-refractivity contribution in [3.8, 4) is 0 Å². The summed E-state index contributed by atoms with van der Waals surface area (Å²) in [6, 6.07) is 7.24. The first-order valence-electron chi connectivity index (χ1n) is 8.97. The number of hydrogen-bond acceptors (Lipinski definition) is 6. The Morgan fingerprint density at radius 3 is 2.68 bits per heavy atom. The van der Waals surface area contributed by atoms with Crippen molar-refractivity contribution < 1.29 is 23.9 Å². The average Bonchev–Trinajstić information content (AvgIpc) is 3.04. The number of rotatable bonds is 4. The quantitative estimate of drug-likeness (QED) is 0.790. The lowest BCUT2D eigenvalue weighted by Gasteiger charge is -2.26. The van der Waals surface area contributed by atoms with Crippen molar-refractivity contribution in [3.63, 3.8) is 0 Å². The number of nitrogens with one attached hydrogen (secondary N) is 1. The molecule has 0 radical (unpaired) electrons. The molecule has 7 nitrogen and oxygen atoms in total. The van der Waals surface area contributed by atoms with Gasteiger partial charge in [0, 0.05) is 17.0 Å². The molecule has 28 heavy (non-hydrogen) atoms. The molecule has 148 valence electrons. The van der Waals surface area contributed by atoms with Gasteiger partial charge in [0.25, 0.3) is 5.91 Å². The Balaban J connectivity index is 1.92. The molecule has 0 bridgehead atoms. The zero-order chi connectivity index (χ0) is 20.3. The number of esters is 1. The fourth-order valence-electron chi connectivity index (χ4n) is 3.18. The van der Waals surface area contributed by atoms with Crippen molar-refractivity contribution in [2.45, 2.75) is 26.8 Å². The number of ether oxygens (including phenoxy) is 2. The standard InChI is InChI=1S/C20H22N2O5S/c1-4-27-20(25)22-10-9-14-15(11-22)28-18(16(14)19(24)26-3)21-17(23)13-8-6-5-7-12(13)2/h5-8H,4,9-11H2,1-3H3,(H,21,23). The smallest absolute Gasteiger partial charge is 0.410 e.